The number of aromatic nitrogens is 4. The van der Waals surface area contributed by atoms with E-state index in [4.69, 9.17) is 14.9 Å². The molecule has 1 aliphatic heterocycles. The maximum absolute atomic E-state index is 13.9. The summed E-state index contributed by atoms with van der Waals surface area (Å²) in [6, 6.07) is 10.5. The number of nitrogens with zero attached hydrogens (tertiary/aromatic N) is 3. The molecule has 4 aromatic rings. The second-order valence-electron chi connectivity index (χ2n) is 6.61. The van der Waals surface area contributed by atoms with Crippen molar-refractivity contribution in [1.82, 2.24) is 19.5 Å². The summed E-state index contributed by atoms with van der Waals surface area (Å²) in [6.07, 6.45) is 2.06. The molecule has 0 bridgehead atoms. The van der Waals surface area contributed by atoms with E-state index in [9.17, 15) is 4.39 Å². The first-order chi connectivity index (χ1) is 14.6. The van der Waals surface area contributed by atoms with Gasteiger partial charge in [-0.25, -0.2) is 14.4 Å². The van der Waals surface area contributed by atoms with E-state index >= 15 is 0 Å². The Labute approximate surface area is 182 Å². The highest BCUT2D eigenvalue weighted by Crippen LogP contribution is 2.42. The molecule has 0 aliphatic carbocycles. The maximum atomic E-state index is 13.9. The number of benzene rings is 2. The fraction of sp³-hybridized carbons (Fsp3) is 0.150. The monoisotopic (exact) mass is 487 g/mol. The third-order valence-corrected chi connectivity index (χ3v) is 6.57. The number of fused-ring (bicyclic) bond motifs is 2. The first kappa shape index (κ1) is 19.1. The van der Waals surface area contributed by atoms with Crippen LogP contribution in [0.15, 0.2) is 57.3 Å². The molecule has 0 atom stereocenters. The van der Waals surface area contributed by atoms with E-state index < -0.39 is 0 Å². The van der Waals surface area contributed by atoms with Gasteiger partial charge in [0.2, 0.25) is 6.79 Å². The van der Waals surface area contributed by atoms with Crippen LogP contribution in [0.25, 0.3) is 11.2 Å². The smallest absolute Gasteiger partial charge is 0.231 e. The predicted molar refractivity (Wildman–Crippen MR) is 112 cm³/mol. The van der Waals surface area contributed by atoms with Crippen molar-refractivity contribution >= 4 is 38.9 Å². The molecule has 2 N–H and O–H groups in total. The van der Waals surface area contributed by atoms with Crippen molar-refractivity contribution in [2.24, 2.45) is 0 Å². The minimum Gasteiger partial charge on any atom is -0.454 e. The molecule has 0 saturated heterocycles. The summed E-state index contributed by atoms with van der Waals surface area (Å²) in [5.41, 5.74) is 1.87. The number of nitrogens with one attached hydrogen (secondary N) is 2. The number of halogens is 2. The van der Waals surface area contributed by atoms with Crippen LogP contribution in [0.1, 0.15) is 5.56 Å². The number of imidazole rings is 1. The largest absolute Gasteiger partial charge is 0.454 e. The Morgan fingerprint density at radius 1 is 1.23 bits per heavy atom. The highest BCUT2D eigenvalue weighted by Gasteiger charge is 2.18. The molecule has 0 spiro atoms. The van der Waals surface area contributed by atoms with E-state index in [2.05, 4.69) is 30.9 Å². The van der Waals surface area contributed by atoms with Gasteiger partial charge in [-0.15, -0.1) is 0 Å². The second-order valence-corrected chi connectivity index (χ2v) is 8.49. The Morgan fingerprint density at radius 3 is 2.87 bits per heavy atom. The van der Waals surface area contributed by atoms with Gasteiger partial charge in [0, 0.05) is 15.9 Å². The van der Waals surface area contributed by atoms with E-state index in [1.54, 1.807) is 18.5 Å². The van der Waals surface area contributed by atoms with E-state index in [1.165, 1.54) is 17.8 Å². The normalized spacial score (nSPS) is 12.6. The number of H-pyrrole nitrogens is 1. The lowest BCUT2D eigenvalue weighted by Gasteiger charge is -2.07. The van der Waals surface area contributed by atoms with Gasteiger partial charge < -0.3 is 19.0 Å². The summed E-state index contributed by atoms with van der Waals surface area (Å²) in [4.78, 5) is 12.9. The summed E-state index contributed by atoms with van der Waals surface area (Å²) in [5, 5.41) is 8.73. The van der Waals surface area contributed by atoms with Gasteiger partial charge in [-0.3, -0.25) is 5.41 Å². The molecule has 2 aromatic heterocycles. The third-order valence-electron chi connectivity index (χ3n) is 4.71. The van der Waals surface area contributed by atoms with Crippen molar-refractivity contribution in [3.05, 3.63) is 64.1 Å². The van der Waals surface area contributed by atoms with E-state index in [0.29, 0.717) is 46.3 Å². The lowest BCUT2D eigenvalue weighted by molar-refractivity contribution is 0.174. The van der Waals surface area contributed by atoms with Gasteiger partial charge in [-0.1, -0.05) is 30.0 Å². The van der Waals surface area contributed by atoms with Crippen LogP contribution < -0.4 is 15.0 Å². The maximum Gasteiger partial charge on any atom is 0.231 e. The minimum absolute atomic E-state index is 0.108. The first-order valence-corrected chi connectivity index (χ1v) is 10.7. The van der Waals surface area contributed by atoms with Crippen LogP contribution in [0.4, 0.5) is 4.39 Å². The highest BCUT2D eigenvalue weighted by molar-refractivity contribution is 9.10. The quantitative estimate of drug-likeness (QED) is 0.438. The first-order valence-electron chi connectivity index (χ1n) is 9.08. The standard InChI is InChI=1S/C20H15BrFN5O2S/c21-12-7-14-15(29-10-28-14)8-16(12)30-20-25-17-18(23)24-9-27(19(17)26-20)6-5-11-3-1-2-4-13(11)22/h1-4,7-9,23H,5-6,10H2,(H,25,26). The van der Waals surface area contributed by atoms with Crippen molar-refractivity contribution in [3.63, 3.8) is 0 Å². The van der Waals surface area contributed by atoms with Crippen molar-refractivity contribution < 1.29 is 13.9 Å². The van der Waals surface area contributed by atoms with Crippen LogP contribution in [0.5, 0.6) is 11.5 Å². The lowest BCUT2D eigenvalue weighted by Crippen LogP contribution is -2.13. The van der Waals surface area contributed by atoms with Crippen molar-refractivity contribution in [2.45, 2.75) is 23.0 Å². The molecule has 7 nitrogen and oxygen atoms in total. The van der Waals surface area contributed by atoms with Gasteiger partial charge in [0.25, 0.3) is 0 Å². The van der Waals surface area contributed by atoms with E-state index in [0.717, 1.165) is 9.37 Å². The number of hydrogen-bond donors (Lipinski definition) is 2. The average molecular weight is 488 g/mol. The fourth-order valence-electron chi connectivity index (χ4n) is 3.20. The van der Waals surface area contributed by atoms with Gasteiger partial charge in [-0.2, -0.15) is 0 Å². The number of ether oxygens (including phenoxy) is 2. The topological polar surface area (TPSA) is 88.8 Å². The SMILES string of the molecule is N=c1ncn(CCc2ccccc2F)c2nc(Sc3cc4c(cc3Br)OCO4)[nH]c12. The van der Waals surface area contributed by atoms with Crippen LogP contribution in [0.2, 0.25) is 0 Å². The molecule has 2 aromatic carbocycles. The second kappa shape index (κ2) is 7.77. The average Bonchev–Trinajstić information content (AvgIpc) is 3.36. The highest BCUT2D eigenvalue weighted by atomic mass is 79.9. The zero-order valence-electron chi connectivity index (χ0n) is 15.5. The molecule has 1 aliphatic rings. The summed E-state index contributed by atoms with van der Waals surface area (Å²) in [7, 11) is 0. The molecular weight excluding hydrogens is 473 g/mol. The number of rotatable bonds is 5. The molecule has 152 valence electrons. The van der Waals surface area contributed by atoms with Crippen LogP contribution >= 0.6 is 27.7 Å². The van der Waals surface area contributed by atoms with Crippen molar-refractivity contribution in [2.75, 3.05) is 6.79 Å². The van der Waals surface area contributed by atoms with Crippen LogP contribution in [-0.4, -0.2) is 26.3 Å². The third kappa shape index (κ3) is 3.56. The Kier molecular flexibility index (Phi) is 4.95. The van der Waals surface area contributed by atoms with Gasteiger partial charge in [0.05, 0.1) is 6.33 Å². The molecule has 5 rings (SSSR count). The van der Waals surface area contributed by atoms with Gasteiger partial charge in [-0.05, 0) is 46.1 Å². The van der Waals surface area contributed by atoms with E-state index in [1.807, 2.05) is 22.8 Å². The number of hydrogen-bond acceptors (Lipinski definition) is 6. The molecule has 0 amide bonds. The fourth-order valence-corrected chi connectivity index (χ4v) is 4.58. The van der Waals surface area contributed by atoms with Crippen molar-refractivity contribution in [1.29, 1.82) is 5.41 Å². The predicted octanol–water partition coefficient (Wildman–Crippen LogP) is 4.26. The summed E-state index contributed by atoms with van der Waals surface area (Å²) >= 11 is 4.96. The van der Waals surface area contributed by atoms with Crippen LogP contribution in [-0.2, 0) is 13.0 Å². The van der Waals surface area contributed by atoms with Gasteiger partial charge >= 0.3 is 0 Å². The molecule has 0 fully saturated rings. The van der Waals surface area contributed by atoms with E-state index in [-0.39, 0.29) is 18.1 Å². The molecule has 3 heterocycles. The zero-order chi connectivity index (χ0) is 20.7. The Balaban J connectivity index is 1.45. The summed E-state index contributed by atoms with van der Waals surface area (Å²) < 4.78 is 27.5. The Morgan fingerprint density at radius 2 is 2.03 bits per heavy atom. The molecular formula is C20H15BrFN5O2S. The van der Waals surface area contributed by atoms with Crippen LogP contribution in [0, 0.1) is 11.2 Å². The minimum atomic E-state index is -0.231. The van der Waals surface area contributed by atoms with Gasteiger partial charge in [0.1, 0.15) is 11.3 Å². The molecule has 30 heavy (non-hydrogen) atoms. The van der Waals surface area contributed by atoms with Gasteiger partial charge in [0.15, 0.2) is 27.8 Å². The number of aromatic amines is 1. The summed E-state index contributed by atoms with van der Waals surface area (Å²) in [5.74, 6) is 1.14. The number of aryl methyl sites for hydroxylation is 2. The molecule has 0 radical (unpaired) electrons. The molecule has 0 unspecified atom stereocenters. The lowest BCUT2D eigenvalue weighted by atomic mass is 10.1. The molecule has 0 saturated carbocycles. The molecule has 10 heteroatoms. The van der Waals surface area contributed by atoms with Crippen molar-refractivity contribution in [3.8, 4) is 11.5 Å². The Bertz CT molecular complexity index is 1320. The summed E-state index contributed by atoms with van der Waals surface area (Å²) in [6.45, 7) is 0.698. The van der Waals surface area contributed by atoms with Crippen LogP contribution in [0.3, 0.4) is 0 Å². The Hall–Kier alpha value is -2.85. The zero-order valence-corrected chi connectivity index (χ0v) is 17.9.